The van der Waals surface area contributed by atoms with E-state index in [0.29, 0.717) is 22.9 Å². The van der Waals surface area contributed by atoms with Crippen LogP contribution in [0.4, 0.5) is 0 Å². The van der Waals surface area contributed by atoms with E-state index in [0.717, 1.165) is 19.4 Å². The first kappa shape index (κ1) is 11.7. The van der Waals surface area contributed by atoms with Gasteiger partial charge in [-0.3, -0.25) is 4.79 Å². The van der Waals surface area contributed by atoms with Gasteiger partial charge in [0.05, 0.1) is 11.1 Å². The van der Waals surface area contributed by atoms with Crippen molar-refractivity contribution >= 4 is 17.0 Å². The van der Waals surface area contributed by atoms with E-state index in [9.17, 15) is 9.90 Å². The van der Waals surface area contributed by atoms with Gasteiger partial charge in [0.15, 0.2) is 5.58 Å². The summed E-state index contributed by atoms with van der Waals surface area (Å²) in [5.41, 5.74) is 6.12. The first-order chi connectivity index (χ1) is 9.57. The van der Waals surface area contributed by atoms with Crippen molar-refractivity contribution in [2.24, 2.45) is 11.7 Å². The first-order valence-electron chi connectivity index (χ1n) is 6.76. The van der Waals surface area contributed by atoms with Gasteiger partial charge >= 0.3 is 0 Å². The number of piperidine rings is 1. The number of phenolic OH excluding ortho intramolecular Hbond substituents is 1. The Morgan fingerprint density at radius 2 is 2.40 bits per heavy atom. The molecule has 4 rings (SSSR count). The minimum atomic E-state index is -0.630. The Morgan fingerprint density at radius 3 is 3.00 bits per heavy atom. The minimum absolute atomic E-state index is 0.0349. The highest BCUT2D eigenvalue weighted by molar-refractivity contribution is 6.03. The lowest BCUT2D eigenvalue weighted by molar-refractivity contribution is 0.100. The molecule has 0 radical (unpaired) electrons. The number of hydrogen-bond donors (Lipinski definition) is 3. The van der Waals surface area contributed by atoms with Gasteiger partial charge < -0.3 is 20.6 Å². The number of fused-ring (bicyclic) bond motifs is 3. The molecule has 1 aliphatic carbocycles. The van der Waals surface area contributed by atoms with Gasteiger partial charge in [0.1, 0.15) is 11.3 Å². The van der Waals surface area contributed by atoms with Gasteiger partial charge in [0.2, 0.25) is 5.89 Å². The molecule has 20 heavy (non-hydrogen) atoms. The second kappa shape index (κ2) is 3.73. The van der Waals surface area contributed by atoms with Crippen molar-refractivity contribution < 1.29 is 14.3 Å². The van der Waals surface area contributed by atoms with Crippen LogP contribution in [0.3, 0.4) is 0 Å². The number of nitrogens with one attached hydrogen (secondary N) is 1. The number of oxazole rings is 1. The average molecular weight is 273 g/mol. The van der Waals surface area contributed by atoms with Gasteiger partial charge in [0, 0.05) is 6.07 Å². The molecule has 2 atom stereocenters. The minimum Gasteiger partial charge on any atom is -0.508 e. The van der Waals surface area contributed by atoms with Crippen LogP contribution < -0.4 is 11.1 Å². The van der Waals surface area contributed by atoms with Crippen LogP contribution in [0.1, 0.15) is 35.5 Å². The number of carbonyl (C=O) groups is 1. The van der Waals surface area contributed by atoms with Gasteiger partial charge in [-0.1, -0.05) is 0 Å². The smallest absolute Gasteiger partial charge is 0.252 e. The molecule has 2 fully saturated rings. The number of benzene rings is 1. The number of carbonyl (C=O) groups excluding carboxylic acids is 1. The van der Waals surface area contributed by atoms with Crippen molar-refractivity contribution in [1.29, 1.82) is 0 Å². The van der Waals surface area contributed by atoms with Crippen molar-refractivity contribution in [3.8, 4) is 5.75 Å². The molecule has 2 bridgehead atoms. The summed E-state index contributed by atoms with van der Waals surface area (Å²) in [6, 6.07) is 2.81. The molecule has 6 heteroatoms. The number of aromatic hydroxyl groups is 1. The van der Waals surface area contributed by atoms with Crippen molar-refractivity contribution in [3.63, 3.8) is 0 Å². The second-order valence-electron chi connectivity index (χ2n) is 5.80. The van der Waals surface area contributed by atoms with E-state index in [1.165, 1.54) is 18.6 Å². The third-order valence-corrected chi connectivity index (χ3v) is 4.50. The van der Waals surface area contributed by atoms with Gasteiger partial charge in [-0.2, -0.15) is 0 Å². The molecule has 104 valence electrons. The average Bonchev–Trinajstić information content (AvgIpc) is 3.10. The molecular weight excluding hydrogens is 258 g/mol. The number of nitrogens with two attached hydrogens (primary N) is 1. The maximum Gasteiger partial charge on any atom is 0.252 e. The number of rotatable bonds is 2. The second-order valence-corrected chi connectivity index (χ2v) is 5.80. The van der Waals surface area contributed by atoms with Gasteiger partial charge in [0.25, 0.3) is 5.91 Å². The standard InChI is InChI=1S/C14H15N3O3/c15-12(19)9-3-8(18)4-10-11(9)20-13(17-10)14-2-1-7(5-14)6-16-14/h3-4,7,16,18H,1-2,5-6H2,(H2,15,19). The predicted molar refractivity (Wildman–Crippen MR) is 71.2 cm³/mol. The zero-order chi connectivity index (χ0) is 13.9. The largest absolute Gasteiger partial charge is 0.508 e. The Balaban J connectivity index is 1.91. The monoisotopic (exact) mass is 273 g/mol. The van der Waals surface area contributed by atoms with E-state index in [1.54, 1.807) is 0 Å². The molecule has 1 amide bonds. The lowest BCUT2D eigenvalue weighted by Gasteiger charge is -2.23. The molecular formula is C14H15N3O3. The zero-order valence-corrected chi connectivity index (χ0v) is 10.8. The SMILES string of the molecule is NC(=O)c1cc(O)cc2nc(C34CCC(CN3)C4)oc12. The lowest BCUT2D eigenvalue weighted by Crippen LogP contribution is -2.37. The van der Waals surface area contributed by atoms with E-state index in [2.05, 4.69) is 10.3 Å². The molecule has 1 aromatic carbocycles. The van der Waals surface area contributed by atoms with Crippen molar-refractivity contribution in [3.05, 3.63) is 23.6 Å². The normalized spacial score (nSPS) is 28.3. The number of phenols is 1. The van der Waals surface area contributed by atoms with Crippen LogP contribution >= 0.6 is 0 Å². The molecule has 2 unspecified atom stereocenters. The Hall–Kier alpha value is -2.08. The van der Waals surface area contributed by atoms with E-state index < -0.39 is 5.91 Å². The summed E-state index contributed by atoms with van der Waals surface area (Å²) >= 11 is 0. The fourth-order valence-corrected chi connectivity index (χ4v) is 3.50. The highest BCUT2D eigenvalue weighted by Gasteiger charge is 2.49. The molecule has 2 aromatic rings. The van der Waals surface area contributed by atoms with Crippen LogP contribution in [0.2, 0.25) is 0 Å². The summed E-state index contributed by atoms with van der Waals surface area (Å²) in [6.45, 7) is 0.979. The maximum atomic E-state index is 11.5. The lowest BCUT2D eigenvalue weighted by atomic mass is 9.99. The van der Waals surface area contributed by atoms with Crippen LogP contribution in [-0.4, -0.2) is 22.5 Å². The highest BCUT2D eigenvalue weighted by Crippen LogP contribution is 2.47. The van der Waals surface area contributed by atoms with Crippen LogP contribution in [0.5, 0.6) is 5.75 Å². The number of hydrogen-bond acceptors (Lipinski definition) is 5. The molecule has 0 spiro atoms. The van der Waals surface area contributed by atoms with Gasteiger partial charge in [-0.05, 0) is 37.8 Å². The molecule has 2 aliphatic rings. The summed E-state index contributed by atoms with van der Waals surface area (Å²) < 4.78 is 5.83. The van der Waals surface area contributed by atoms with Crippen molar-refractivity contribution in [1.82, 2.24) is 10.3 Å². The summed E-state index contributed by atoms with van der Waals surface area (Å²) in [7, 11) is 0. The quantitative estimate of drug-likeness (QED) is 0.764. The van der Waals surface area contributed by atoms with Crippen molar-refractivity contribution in [2.75, 3.05) is 6.54 Å². The summed E-state index contributed by atoms with van der Waals surface area (Å²) in [4.78, 5) is 15.9. The van der Waals surface area contributed by atoms with Gasteiger partial charge in [-0.25, -0.2) is 4.98 Å². The Morgan fingerprint density at radius 1 is 1.55 bits per heavy atom. The number of aromatic nitrogens is 1. The van der Waals surface area contributed by atoms with E-state index in [4.69, 9.17) is 10.2 Å². The van der Waals surface area contributed by atoms with E-state index in [-0.39, 0.29) is 16.9 Å². The fraction of sp³-hybridized carbons (Fsp3) is 0.429. The fourth-order valence-electron chi connectivity index (χ4n) is 3.50. The van der Waals surface area contributed by atoms with Crippen LogP contribution in [0.15, 0.2) is 16.5 Å². The van der Waals surface area contributed by atoms with Gasteiger partial charge in [-0.15, -0.1) is 0 Å². The summed E-state index contributed by atoms with van der Waals surface area (Å²) in [5, 5.41) is 13.1. The zero-order valence-electron chi connectivity index (χ0n) is 10.8. The Kier molecular flexibility index (Phi) is 2.18. The molecule has 1 saturated heterocycles. The molecule has 4 N–H and O–H groups in total. The molecule has 1 aromatic heterocycles. The molecule has 2 heterocycles. The topological polar surface area (TPSA) is 101 Å². The number of primary amides is 1. The van der Waals surface area contributed by atoms with Crippen LogP contribution in [0, 0.1) is 5.92 Å². The Bertz CT molecular complexity index is 714. The molecule has 6 nitrogen and oxygen atoms in total. The molecule has 1 saturated carbocycles. The number of amides is 1. The van der Waals surface area contributed by atoms with Crippen molar-refractivity contribution in [2.45, 2.75) is 24.8 Å². The van der Waals surface area contributed by atoms with Crippen LogP contribution in [0.25, 0.3) is 11.1 Å². The van der Waals surface area contributed by atoms with Crippen LogP contribution in [-0.2, 0) is 5.54 Å². The maximum absolute atomic E-state index is 11.5. The van der Waals surface area contributed by atoms with E-state index in [1.807, 2.05) is 0 Å². The highest BCUT2D eigenvalue weighted by atomic mass is 16.4. The molecule has 1 aliphatic heterocycles. The van der Waals surface area contributed by atoms with E-state index >= 15 is 0 Å². The Labute approximate surface area is 115 Å². The predicted octanol–water partition coefficient (Wildman–Crippen LogP) is 1.23. The number of nitrogens with zero attached hydrogens (tertiary/aromatic N) is 1. The summed E-state index contributed by atoms with van der Waals surface area (Å²) in [5.74, 6) is 0.608. The third-order valence-electron chi connectivity index (χ3n) is 4.50. The third kappa shape index (κ3) is 1.48. The summed E-state index contributed by atoms with van der Waals surface area (Å²) in [6.07, 6.45) is 3.17. The first-order valence-corrected chi connectivity index (χ1v) is 6.76.